The number of hydrogen-bond acceptors (Lipinski definition) is 5. The third-order valence-electron chi connectivity index (χ3n) is 4.23. The number of hydrogen-bond donors (Lipinski definition) is 2. The minimum atomic E-state index is -5.08. The van der Waals surface area contributed by atoms with Crippen LogP contribution in [-0.4, -0.2) is 36.2 Å². The zero-order valence-corrected chi connectivity index (χ0v) is 18.0. The Labute approximate surface area is 182 Å². The number of alkyl halides is 3. The normalized spacial score (nSPS) is 14.2. The number of benzene rings is 1. The van der Waals surface area contributed by atoms with Gasteiger partial charge in [-0.15, -0.1) is 11.3 Å². The Morgan fingerprint density at radius 1 is 1.23 bits per heavy atom. The lowest BCUT2D eigenvalue weighted by atomic mass is 10.1. The molecule has 0 fully saturated rings. The fourth-order valence-corrected chi connectivity index (χ4v) is 6.30. The first-order valence-corrected chi connectivity index (χ1v) is 11.3. The van der Waals surface area contributed by atoms with Gasteiger partial charge in [0, 0.05) is 18.1 Å². The summed E-state index contributed by atoms with van der Waals surface area (Å²) in [6.45, 7) is 1.57. The molecule has 6 nitrogen and oxygen atoms in total. The molecule has 2 aromatic heterocycles. The largest absolute Gasteiger partial charge is 0.490 e. The molecule has 0 radical (unpaired) electrons. The number of halogens is 5. The fourth-order valence-electron chi connectivity index (χ4n) is 2.95. The van der Waals surface area contributed by atoms with Crippen molar-refractivity contribution in [3.63, 3.8) is 0 Å². The average molecular weight is 501 g/mol. The summed E-state index contributed by atoms with van der Waals surface area (Å²) in [4.78, 5) is 8.90. The van der Waals surface area contributed by atoms with Crippen LogP contribution in [0.4, 0.5) is 13.2 Å². The molecular formula is C17H13Cl2F3N2O4S2. The van der Waals surface area contributed by atoms with Crippen LogP contribution in [0.1, 0.15) is 11.1 Å². The average Bonchev–Trinajstić information content (AvgIpc) is 3.12. The molecular weight excluding hydrogens is 488 g/mol. The van der Waals surface area contributed by atoms with Crippen molar-refractivity contribution < 1.29 is 31.5 Å². The van der Waals surface area contributed by atoms with Crippen molar-refractivity contribution in [2.75, 3.05) is 6.54 Å². The van der Waals surface area contributed by atoms with Gasteiger partial charge in [0.15, 0.2) is 0 Å². The summed E-state index contributed by atoms with van der Waals surface area (Å²) in [5.74, 6) is -2.76. The molecule has 0 bridgehead atoms. The molecule has 1 aromatic carbocycles. The zero-order valence-electron chi connectivity index (χ0n) is 14.8. The Bertz CT molecular complexity index is 1200. The molecule has 0 saturated carbocycles. The highest BCUT2D eigenvalue weighted by molar-refractivity contribution is 7.92. The molecule has 3 aromatic rings. The molecule has 0 aliphatic carbocycles. The van der Waals surface area contributed by atoms with E-state index in [1.165, 1.54) is 10.0 Å². The van der Waals surface area contributed by atoms with E-state index in [2.05, 4.69) is 5.32 Å². The van der Waals surface area contributed by atoms with Crippen LogP contribution in [0.5, 0.6) is 0 Å². The van der Waals surface area contributed by atoms with E-state index in [4.69, 9.17) is 33.1 Å². The van der Waals surface area contributed by atoms with E-state index >= 15 is 0 Å². The number of thiophene rings is 1. The van der Waals surface area contributed by atoms with Gasteiger partial charge in [0.25, 0.3) is 10.0 Å². The van der Waals surface area contributed by atoms with E-state index in [-0.39, 0.29) is 13.6 Å². The standard InChI is InChI=1S/C15H12Cl2N2O2S2.C2HF3O2/c16-11-6-13(22-15(11)17)23(20,21)19-8-10-4-5-18-7-9-2-1-3-12(19)14(9)10;3-2(4,5)1(6)7/h1-3,6,8,18H,4-5,7H2;(H,6,7). The van der Waals surface area contributed by atoms with Gasteiger partial charge in [-0.05, 0) is 36.2 Å². The van der Waals surface area contributed by atoms with Gasteiger partial charge in [-0.25, -0.2) is 8.77 Å². The molecule has 0 unspecified atom stereocenters. The number of nitrogens with zero attached hydrogens (tertiary/aromatic N) is 1. The maximum absolute atomic E-state index is 13.0. The summed E-state index contributed by atoms with van der Waals surface area (Å²) in [5, 5.41) is 11.8. The predicted molar refractivity (Wildman–Crippen MR) is 108 cm³/mol. The van der Waals surface area contributed by atoms with E-state index in [0.29, 0.717) is 5.52 Å². The lowest BCUT2D eigenvalue weighted by Crippen LogP contribution is -2.21. The van der Waals surface area contributed by atoms with Crippen LogP contribution >= 0.6 is 34.5 Å². The van der Waals surface area contributed by atoms with Gasteiger partial charge in [-0.1, -0.05) is 35.3 Å². The van der Waals surface area contributed by atoms with Crippen molar-refractivity contribution in [3.8, 4) is 0 Å². The first-order valence-electron chi connectivity index (χ1n) is 8.26. The summed E-state index contributed by atoms with van der Waals surface area (Å²) in [7, 11) is -3.71. The van der Waals surface area contributed by atoms with E-state index < -0.39 is 22.2 Å². The van der Waals surface area contributed by atoms with E-state index in [1.54, 1.807) is 6.20 Å². The molecule has 162 valence electrons. The Hall–Kier alpha value is -1.79. The number of aliphatic carboxylic acids is 1. The Kier molecular flexibility index (Phi) is 6.40. The fraction of sp³-hybridized carbons (Fsp3) is 0.235. The second kappa shape index (κ2) is 8.39. The molecule has 30 heavy (non-hydrogen) atoms. The second-order valence-corrected chi connectivity index (χ2v) is 10.3. The third kappa shape index (κ3) is 4.45. The Balaban J connectivity index is 0.000000318. The maximum atomic E-state index is 13.0. The molecule has 0 saturated heterocycles. The quantitative estimate of drug-likeness (QED) is 0.539. The number of carboxylic acids is 1. The molecule has 2 N–H and O–H groups in total. The zero-order chi connectivity index (χ0) is 22.3. The lowest BCUT2D eigenvalue weighted by molar-refractivity contribution is -0.192. The summed E-state index contributed by atoms with van der Waals surface area (Å²) in [6, 6.07) is 7.16. The summed E-state index contributed by atoms with van der Waals surface area (Å²) < 4.78 is 59.5. The smallest absolute Gasteiger partial charge is 0.475 e. The predicted octanol–water partition coefficient (Wildman–Crippen LogP) is 4.53. The van der Waals surface area contributed by atoms with E-state index in [1.807, 2.05) is 18.2 Å². The Morgan fingerprint density at radius 2 is 1.90 bits per heavy atom. The highest BCUT2D eigenvalue weighted by atomic mass is 35.5. The number of rotatable bonds is 2. The number of aromatic nitrogens is 1. The first-order chi connectivity index (χ1) is 13.9. The monoisotopic (exact) mass is 500 g/mol. The van der Waals surface area contributed by atoms with Crippen LogP contribution in [0, 0.1) is 0 Å². The molecule has 0 spiro atoms. The Morgan fingerprint density at radius 3 is 2.47 bits per heavy atom. The number of nitrogens with one attached hydrogen (secondary N) is 1. The van der Waals surface area contributed by atoms with Gasteiger partial charge in [0.2, 0.25) is 0 Å². The van der Waals surface area contributed by atoms with Gasteiger partial charge in [-0.3, -0.25) is 0 Å². The SMILES string of the molecule is O=C(O)C(F)(F)F.O=S(=O)(c1cc(Cl)c(Cl)s1)n1cc2c3c(cccc31)CNCC2. The van der Waals surface area contributed by atoms with Crippen LogP contribution in [-0.2, 0) is 27.8 Å². The highest BCUT2D eigenvalue weighted by Gasteiger charge is 2.38. The van der Waals surface area contributed by atoms with Crippen molar-refractivity contribution in [1.29, 1.82) is 0 Å². The molecule has 13 heteroatoms. The van der Waals surface area contributed by atoms with Crippen LogP contribution < -0.4 is 5.32 Å². The maximum Gasteiger partial charge on any atom is 0.490 e. The van der Waals surface area contributed by atoms with Crippen LogP contribution in [0.3, 0.4) is 0 Å². The lowest BCUT2D eigenvalue weighted by Gasteiger charge is -2.07. The molecule has 0 amide bonds. The van der Waals surface area contributed by atoms with Crippen LogP contribution in [0.25, 0.3) is 10.9 Å². The molecule has 1 aliphatic heterocycles. The molecule has 1 aliphatic rings. The van der Waals surface area contributed by atoms with Crippen LogP contribution in [0.15, 0.2) is 34.7 Å². The second-order valence-electron chi connectivity index (χ2n) is 6.18. The van der Waals surface area contributed by atoms with Crippen molar-refractivity contribution in [1.82, 2.24) is 9.29 Å². The van der Waals surface area contributed by atoms with Crippen LogP contribution in [0.2, 0.25) is 9.36 Å². The number of carboxylic acid groups (broad SMARTS) is 1. The molecule has 0 atom stereocenters. The van der Waals surface area contributed by atoms with Crippen molar-refractivity contribution in [2.24, 2.45) is 0 Å². The van der Waals surface area contributed by atoms with Gasteiger partial charge in [0.05, 0.1) is 10.5 Å². The third-order valence-corrected chi connectivity index (χ3v) is 8.21. The minimum Gasteiger partial charge on any atom is -0.475 e. The minimum absolute atomic E-state index is 0.150. The molecule has 3 heterocycles. The van der Waals surface area contributed by atoms with E-state index in [0.717, 1.165) is 47.4 Å². The topological polar surface area (TPSA) is 88.4 Å². The summed E-state index contributed by atoms with van der Waals surface area (Å²) in [6.07, 6.45) is -2.57. The summed E-state index contributed by atoms with van der Waals surface area (Å²) in [5.41, 5.74) is 2.85. The molecule has 4 rings (SSSR count). The summed E-state index contributed by atoms with van der Waals surface area (Å²) >= 11 is 12.8. The van der Waals surface area contributed by atoms with Gasteiger partial charge in [0.1, 0.15) is 8.55 Å². The first kappa shape index (κ1) is 22.9. The van der Waals surface area contributed by atoms with Gasteiger partial charge >= 0.3 is 12.1 Å². The van der Waals surface area contributed by atoms with Gasteiger partial charge < -0.3 is 10.4 Å². The van der Waals surface area contributed by atoms with Crippen molar-refractivity contribution >= 4 is 61.4 Å². The van der Waals surface area contributed by atoms with Crippen molar-refractivity contribution in [3.05, 3.63) is 50.9 Å². The number of carbonyl (C=O) groups is 1. The highest BCUT2D eigenvalue weighted by Crippen LogP contribution is 2.37. The van der Waals surface area contributed by atoms with Crippen molar-refractivity contribution in [2.45, 2.75) is 23.4 Å². The van der Waals surface area contributed by atoms with Gasteiger partial charge in [-0.2, -0.15) is 21.6 Å². The van der Waals surface area contributed by atoms with E-state index in [9.17, 15) is 21.6 Å².